The Balaban J connectivity index is 1.52. The number of hydrogen-bond donors (Lipinski definition) is 2. The first-order valence-electron chi connectivity index (χ1n) is 8.18. The molecule has 1 atom stereocenters. The molecule has 6 heteroatoms. The number of hydroxylamine groups is 1. The summed E-state index contributed by atoms with van der Waals surface area (Å²) in [5.74, 6) is -1.03. The molecule has 23 heavy (non-hydrogen) atoms. The molecule has 1 saturated carbocycles. The van der Waals surface area contributed by atoms with Gasteiger partial charge in [0.1, 0.15) is 5.82 Å². The third kappa shape index (κ3) is 2.55. The molecule has 1 saturated heterocycles. The molecule has 124 valence electrons. The van der Waals surface area contributed by atoms with Gasteiger partial charge in [-0.3, -0.25) is 14.9 Å². The average Bonchev–Trinajstić information content (AvgIpc) is 2.99. The molecule has 3 aliphatic rings. The molecule has 1 spiro atoms. The second kappa shape index (κ2) is 5.54. The van der Waals surface area contributed by atoms with E-state index in [2.05, 4.69) is 4.90 Å². The summed E-state index contributed by atoms with van der Waals surface area (Å²) in [5.41, 5.74) is 3.68. The van der Waals surface area contributed by atoms with Crippen LogP contribution in [0, 0.1) is 11.2 Å². The molecule has 1 aromatic carbocycles. The van der Waals surface area contributed by atoms with Gasteiger partial charge in [0.05, 0.1) is 13.2 Å². The SMILES string of the molecule is O=C(NO)c1cc(F)c2c(c1)CCN([C@H]1CCC3(COC3)C1)C2. The van der Waals surface area contributed by atoms with Crippen molar-refractivity contribution < 1.29 is 19.1 Å². The third-order valence-corrected chi connectivity index (χ3v) is 5.69. The van der Waals surface area contributed by atoms with Crippen LogP contribution >= 0.6 is 0 Å². The van der Waals surface area contributed by atoms with Gasteiger partial charge >= 0.3 is 0 Å². The van der Waals surface area contributed by atoms with Gasteiger partial charge in [0.15, 0.2) is 0 Å². The van der Waals surface area contributed by atoms with Crippen LogP contribution in [0.4, 0.5) is 4.39 Å². The van der Waals surface area contributed by atoms with Crippen LogP contribution in [0.5, 0.6) is 0 Å². The topological polar surface area (TPSA) is 61.8 Å². The Morgan fingerprint density at radius 2 is 2.26 bits per heavy atom. The summed E-state index contributed by atoms with van der Waals surface area (Å²) in [6.45, 7) is 3.24. The van der Waals surface area contributed by atoms with Crippen molar-refractivity contribution in [2.24, 2.45) is 5.41 Å². The van der Waals surface area contributed by atoms with Crippen molar-refractivity contribution in [1.82, 2.24) is 10.4 Å². The lowest BCUT2D eigenvalue weighted by atomic mass is 9.84. The summed E-state index contributed by atoms with van der Waals surface area (Å²) >= 11 is 0. The number of hydrogen-bond acceptors (Lipinski definition) is 4. The Kier molecular flexibility index (Phi) is 3.63. The quantitative estimate of drug-likeness (QED) is 0.645. The van der Waals surface area contributed by atoms with Gasteiger partial charge in [-0.25, -0.2) is 9.87 Å². The van der Waals surface area contributed by atoms with Crippen LogP contribution in [0.25, 0.3) is 0 Å². The second-order valence-electron chi connectivity index (χ2n) is 7.15. The van der Waals surface area contributed by atoms with Crippen molar-refractivity contribution in [2.45, 2.75) is 38.3 Å². The van der Waals surface area contributed by atoms with Gasteiger partial charge < -0.3 is 4.74 Å². The molecular formula is C17H21FN2O3. The number of carbonyl (C=O) groups is 1. The molecule has 1 aromatic rings. The van der Waals surface area contributed by atoms with Crippen LogP contribution in [0.3, 0.4) is 0 Å². The van der Waals surface area contributed by atoms with Gasteiger partial charge in [-0.05, 0) is 43.4 Å². The zero-order valence-electron chi connectivity index (χ0n) is 13.0. The maximum absolute atomic E-state index is 14.4. The molecular weight excluding hydrogens is 299 g/mol. The molecule has 2 aliphatic heterocycles. The molecule has 5 nitrogen and oxygen atoms in total. The van der Waals surface area contributed by atoms with Crippen molar-refractivity contribution in [3.05, 3.63) is 34.6 Å². The highest BCUT2D eigenvalue weighted by Crippen LogP contribution is 2.46. The normalized spacial score (nSPS) is 25.9. The zero-order chi connectivity index (χ0) is 16.0. The van der Waals surface area contributed by atoms with Gasteiger partial charge in [0.2, 0.25) is 0 Å². The van der Waals surface area contributed by atoms with Crippen molar-refractivity contribution in [3.63, 3.8) is 0 Å². The number of benzene rings is 1. The third-order valence-electron chi connectivity index (χ3n) is 5.69. The fourth-order valence-electron chi connectivity index (χ4n) is 4.29. The number of rotatable bonds is 2. The zero-order valence-corrected chi connectivity index (χ0v) is 13.0. The first kappa shape index (κ1) is 15.1. The molecule has 0 radical (unpaired) electrons. The van der Waals surface area contributed by atoms with Gasteiger partial charge in [-0.15, -0.1) is 0 Å². The Bertz CT molecular complexity index is 645. The van der Waals surface area contributed by atoms with E-state index in [1.807, 2.05) is 0 Å². The number of nitrogens with zero attached hydrogens (tertiary/aromatic N) is 1. The Labute approximate surface area is 134 Å². The Morgan fingerprint density at radius 1 is 1.43 bits per heavy atom. The largest absolute Gasteiger partial charge is 0.380 e. The van der Waals surface area contributed by atoms with Crippen LogP contribution in [-0.2, 0) is 17.7 Å². The monoisotopic (exact) mass is 320 g/mol. The molecule has 4 rings (SSSR count). The highest BCUT2D eigenvalue weighted by atomic mass is 19.1. The van der Waals surface area contributed by atoms with E-state index >= 15 is 0 Å². The van der Waals surface area contributed by atoms with Crippen molar-refractivity contribution in [3.8, 4) is 0 Å². The minimum Gasteiger partial charge on any atom is -0.380 e. The number of carbonyl (C=O) groups excluding carboxylic acids is 1. The summed E-state index contributed by atoms with van der Waals surface area (Å²) in [7, 11) is 0. The van der Waals surface area contributed by atoms with Gasteiger partial charge in [-0.2, -0.15) is 0 Å². The lowest BCUT2D eigenvalue weighted by Gasteiger charge is -2.40. The van der Waals surface area contributed by atoms with E-state index in [1.165, 1.54) is 12.5 Å². The van der Waals surface area contributed by atoms with E-state index in [9.17, 15) is 9.18 Å². The predicted molar refractivity (Wildman–Crippen MR) is 80.7 cm³/mol. The summed E-state index contributed by atoms with van der Waals surface area (Å²) in [5, 5.41) is 8.71. The number of halogens is 1. The number of fused-ring (bicyclic) bond motifs is 1. The van der Waals surface area contributed by atoms with E-state index in [0.717, 1.165) is 44.6 Å². The first-order chi connectivity index (χ1) is 11.1. The average molecular weight is 320 g/mol. The summed E-state index contributed by atoms with van der Waals surface area (Å²) in [6.07, 6.45) is 4.25. The molecule has 2 N–H and O–H groups in total. The van der Waals surface area contributed by atoms with E-state index in [4.69, 9.17) is 9.94 Å². The van der Waals surface area contributed by atoms with E-state index < -0.39 is 5.91 Å². The first-order valence-corrected chi connectivity index (χ1v) is 8.18. The van der Waals surface area contributed by atoms with Gasteiger partial charge in [0.25, 0.3) is 5.91 Å². The summed E-state index contributed by atoms with van der Waals surface area (Å²) in [6, 6.07) is 3.41. The van der Waals surface area contributed by atoms with Crippen molar-refractivity contribution >= 4 is 5.91 Å². The van der Waals surface area contributed by atoms with E-state index in [-0.39, 0.29) is 11.4 Å². The summed E-state index contributed by atoms with van der Waals surface area (Å²) < 4.78 is 19.8. The van der Waals surface area contributed by atoms with Crippen LogP contribution < -0.4 is 5.48 Å². The maximum atomic E-state index is 14.4. The highest BCUT2D eigenvalue weighted by molar-refractivity contribution is 5.93. The highest BCUT2D eigenvalue weighted by Gasteiger charge is 2.46. The fraction of sp³-hybridized carbons (Fsp3) is 0.588. The van der Waals surface area contributed by atoms with Crippen LogP contribution in [0.1, 0.15) is 40.7 Å². The van der Waals surface area contributed by atoms with Crippen LogP contribution in [0.15, 0.2) is 12.1 Å². The van der Waals surface area contributed by atoms with Crippen LogP contribution in [-0.4, -0.2) is 41.8 Å². The molecule has 0 aromatic heterocycles. The molecule has 0 bridgehead atoms. The molecule has 2 fully saturated rings. The molecule has 0 unspecified atom stereocenters. The van der Waals surface area contributed by atoms with Crippen molar-refractivity contribution in [1.29, 1.82) is 0 Å². The predicted octanol–water partition coefficient (Wildman–Crippen LogP) is 1.87. The lowest BCUT2D eigenvalue weighted by molar-refractivity contribution is -0.111. The molecule has 1 aliphatic carbocycles. The van der Waals surface area contributed by atoms with Crippen molar-refractivity contribution in [2.75, 3.05) is 19.8 Å². The maximum Gasteiger partial charge on any atom is 0.274 e. The smallest absolute Gasteiger partial charge is 0.274 e. The fourth-order valence-corrected chi connectivity index (χ4v) is 4.29. The molecule has 2 heterocycles. The van der Waals surface area contributed by atoms with E-state index in [1.54, 1.807) is 11.5 Å². The minimum absolute atomic E-state index is 0.170. The Morgan fingerprint density at radius 3 is 2.91 bits per heavy atom. The number of ether oxygens (including phenoxy) is 1. The minimum atomic E-state index is -0.670. The number of amides is 1. The molecule has 1 amide bonds. The standard InChI is InChI=1S/C17H21FN2O3/c18-15-6-12(16(21)19-22)5-11-2-4-20(8-14(11)15)13-1-3-17(7-13)9-23-10-17/h5-6,13,22H,1-4,7-10H2,(H,19,21)/t13-/m0/s1. The summed E-state index contributed by atoms with van der Waals surface area (Å²) in [4.78, 5) is 13.9. The van der Waals surface area contributed by atoms with Crippen LogP contribution in [0.2, 0.25) is 0 Å². The van der Waals surface area contributed by atoms with Gasteiger partial charge in [0, 0.05) is 35.7 Å². The lowest BCUT2D eigenvalue weighted by Crippen LogP contribution is -2.44. The number of nitrogens with one attached hydrogen (secondary N) is 1. The second-order valence-corrected chi connectivity index (χ2v) is 7.15. The van der Waals surface area contributed by atoms with E-state index in [0.29, 0.717) is 23.6 Å². The Hall–Kier alpha value is -1.50. The van der Waals surface area contributed by atoms with Gasteiger partial charge in [-0.1, -0.05) is 0 Å².